The van der Waals surface area contributed by atoms with Crippen molar-refractivity contribution in [2.24, 2.45) is 5.10 Å². The lowest BCUT2D eigenvalue weighted by molar-refractivity contribution is -0.380. The molecule has 0 N–H and O–H groups in total. The number of rotatable bonds is 7. The maximum Gasteiger partial charge on any atom is 0.324 e. The number of amides is 1. The Bertz CT molecular complexity index is 1970. The van der Waals surface area contributed by atoms with E-state index in [2.05, 4.69) is 26.0 Å². The minimum atomic E-state index is -3.78. The number of benzene rings is 3. The minimum absolute atomic E-state index is 0.0480. The third-order valence-corrected chi connectivity index (χ3v) is 11.0. The van der Waals surface area contributed by atoms with E-state index in [-0.39, 0.29) is 22.0 Å². The van der Waals surface area contributed by atoms with Crippen LogP contribution in [0.1, 0.15) is 26.4 Å². The predicted octanol–water partition coefficient (Wildman–Crippen LogP) is 6.46. The van der Waals surface area contributed by atoms with Crippen LogP contribution in [-0.2, 0) is 23.0 Å². The summed E-state index contributed by atoms with van der Waals surface area (Å²) >= 11 is 5.62. The molecule has 0 fully saturated rings. The zero-order valence-electron chi connectivity index (χ0n) is 21.6. The molecular formula is C28H20BrN5O5S3. The fourth-order valence-electron chi connectivity index (χ4n) is 4.51. The molecule has 14 heteroatoms. The van der Waals surface area contributed by atoms with Crippen LogP contribution in [0.5, 0.6) is 0 Å². The largest absolute Gasteiger partial charge is 0.324 e. The molecule has 3 heterocycles. The van der Waals surface area contributed by atoms with Crippen molar-refractivity contribution in [1.82, 2.24) is 9.29 Å². The highest BCUT2D eigenvalue weighted by molar-refractivity contribution is 9.10. The predicted molar refractivity (Wildman–Crippen MR) is 167 cm³/mol. The summed E-state index contributed by atoms with van der Waals surface area (Å²) < 4.78 is 30.0. The summed E-state index contributed by atoms with van der Waals surface area (Å²) in [6.45, 7) is 0.660. The highest BCUT2D eigenvalue weighted by Crippen LogP contribution is 2.33. The molecule has 0 spiro atoms. The van der Waals surface area contributed by atoms with Gasteiger partial charge in [0.2, 0.25) is 15.2 Å². The van der Waals surface area contributed by atoms with Gasteiger partial charge in [0.25, 0.3) is 5.91 Å². The van der Waals surface area contributed by atoms with E-state index in [1.165, 1.54) is 52.2 Å². The van der Waals surface area contributed by atoms with Crippen LogP contribution < -0.4 is 5.01 Å². The summed E-state index contributed by atoms with van der Waals surface area (Å²) in [7, 11) is -3.78. The van der Waals surface area contributed by atoms with E-state index in [1.54, 1.807) is 6.07 Å². The molecule has 2 aromatic heterocycles. The number of sulfonamides is 1. The molecule has 0 saturated carbocycles. The van der Waals surface area contributed by atoms with Gasteiger partial charge in [-0.25, -0.2) is 13.4 Å². The number of carbonyl (C=O) groups is 1. The first-order chi connectivity index (χ1) is 20.2. The Kier molecular flexibility index (Phi) is 7.72. The van der Waals surface area contributed by atoms with Crippen LogP contribution in [0, 0.1) is 10.1 Å². The first-order valence-corrected chi connectivity index (χ1v) is 16.4. The van der Waals surface area contributed by atoms with E-state index in [0.29, 0.717) is 28.5 Å². The van der Waals surface area contributed by atoms with Crippen molar-refractivity contribution in [2.75, 3.05) is 11.6 Å². The number of aromatic nitrogens is 1. The Morgan fingerprint density at radius 1 is 1.05 bits per heavy atom. The Hall–Kier alpha value is -3.82. The van der Waals surface area contributed by atoms with E-state index in [4.69, 9.17) is 0 Å². The number of thiophene rings is 1. The maximum absolute atomic E-state index is 13.7. The topological polar surface area (TPSA) is 126 Å². The standard InChI is InChI=1S/C28H20BrN5O5S3/c29-21-7-11-24-25(15-21)41-28(31-24)33(30-16-22-8-12-26(40-22)34(36)37)27(35)19-5-9-23(10-6-19)42(38,39)32-14-13-18-3-1-2-4-20(18)17-32/h1-12,15-16H,13-14,17H2/b30-16+. The number of carbonyl (C=O) groups excluding carboxylic acids is 1. The third-order valence-electron chi connectivity index (χ3n) is 6.64. The number of anilines is 1. The first-order valence-electron chi connectivity index (χ1n) is 12.5. The summed E-state index contributed by atoms with van der Waals surface area (Å²) in [5.74, 6) is -0.536. The average molecular weight is 683 g/mol. The third kappa shape index (κ3) is 5.63. The molecule has 0 bridgehead atoms. The van der Waals surface area contributed by atoms with Crippen LogP contribution in [0.15, 0.2) is 93.3 Å². The minimum Gasteiger partial charge on any atom is -0.267 e. The molecule has 1 aliphatic heterocycles. The van der Waals surface area contributed by atoms with Crippen molar-refractivity contribution < 1.29 is 18.1 Å². The van der Waals surface area contributed by atoms with Crippen LogP contribution in [0.4, 0.5) is 10.1 Å². The molecule has 42 heavy (non-hydrogen) atoms. The number of thiazole rings is 1. The van der Waals surface area contributed by atoms with E-state index >= 15 is 0 Å². The van der Waals surface area contributed by atoms with Gasteiger partial charge < -0.3 is 0 Å². The first kappa shape index (κ1) is 28.3. The van der Waals surface area contributed by atoms with E-state index < -0.39 is 20.9 Å². The van der Waals surface area contributed by atoms with Gasteiger partial charge in [-0.3, -0.25) is 14.9 Å². The van der Waals surface area contributed by atoms with Gasteiger partial charge in [0.05, 0.1) is 31.1 Å². The zero-order chi connectivity index (χ0) is 29.4. The molecule has 0 atom stereocenters. The van der Waals surface area contributed by atoms with Crippen molar-refractivity contribution in [1.29, 1.82) is 0 Å². The van der Waals surface area contributed by atoms with Crippen LogP contribution >= 0.6 is 38.6 Å². The molecule has 0 unspecified atom stereocenters. The van der Waals surface area contributed by atoms with Crippen LogP contribution in [0.3, 0.4) is 0 Å². The molecule has 1 amide bonds. The van der Waals surface area contributed by atoms with Gasteiger partial charge in [-0.2, -0.15) is 14.4 Å². The molecule has 3 aromatic carbocycles. The molecule has 0 aliphatic carbocycles. The summed E-state index contributed by atoms with van der Waals surface area (Å²) in [5.41, 5.74) is 2.99. The Morgan fingerprint density at radius 3 is 2.55 bits per heavy atom. The fraction of sp³-hybridized carbons (Fsp3) is 0.107. The molecule has 0 radical (unpaired) electrons. The smallest absolute Gasteiger partial charge is 0.267 e. The van der Waals surface area contributed by atoms with E-state index in [9.17, 15) is 23.3 Å². The van der Waals surface area contributed by atoms with Crippen LogP contribution in [0.2, 0.25) is 0 Å². The number of nitrogens with zero attached hydrogens (tertiary/aromatic N) is 5. The fourth-order valence-corrected chi connectivity index (χ4v) is 8.09. The Labute approximate surface area is 256 Å². The van der Waals surface area contributed by atoms with Gasteiger partial charge in [-0.15, -0.1) is 0 Å². The summed E-state index contributed by atoms with van der Waals surface area (Å²) in [4.78, 5) is 29.5. The van der Waals surface area contributed by atoms with Gasteiger partial charge in [0.1, 0.15) is 0 Å². The molecular weight excluding hydrogens is 662 g/mol. The van der Waals surface area contributed by atoms with E-state index in [0.717, 1.165) is 36.6 Å². The highest BCUT2D eigenvalue weighted by Gasteiger charge is 2.29. The Balaban J connectivity index is 1.30. The van der Waals surface area contributed by atoms with Gasteiger partial charge in [0.15, 0.2) is 0 Å². The second-order valence-corrected chi connectivity index (χ2v) is 14.2. The number of nitro groups is 1. The number of hydrogen-bond donors (Lipinski definition) is 0. The summed E-state index contributed by atoms with van der Waals surface area (Å²) in [6, 6.07) is 22.0. The summed E-state index contributed by atoms with van der Waals surface area (Å²) in [6.07, 6.45) is 2.00. The second kappa shape index (κ2) is 11.5. The molecule has 10 nitrogen and oxygen atoms in total. The molecule has 6 rings (SSSR count). The van der Waals surface area contributed by atoms with Crippen molar-refractivity contribution >= 4 is 81.1 Å². The number of hydrazone groups is 1. The number of hydrogen-bond acceptors (Lipinski definition) is 9. The highest BCUT2D eigenvalue weighted by atomic mass is 79.9. The zero-order valence-corrected chi connectivity index (χ0v) is 25.6. The molecule has 0 saturated heterocycles. The van der Waals surface area contributed by atoms with Gasteiger partial charge in [-0.1, -0.05) is 62.9 Å². The number of fused-ring (bicyclic) bond motifs is 2. The van der Waals surface area contributed by atoms with Crippen LogP contribution in [0.25, 0.3) is 10.2 Å². The number of halogens is 1. The molecule has 1 aliphatic rings. The SMILES string of the molecule is O=C(c1ccc(S(=O)(=O)N2CCc3ccccc3C2)cc1)N(/N=C/c1ccc([N+](=O)[O-])s1)c1nc2ccc(Br)cc2s1. The van der Waals surface area contributed by atoms with Crippen molar-refractivity contribution in [2.45, 2.75) is 17.9 Å². The second-order valence-electron chi connectivity index (χ2n) is 9.28. The normalized spacial score (nSPS) is 13.8. The average Bonchev–Trinajstić information content (AvgIpc) is 3.64. The van der Waals surface area contributed by atoms with Gasteiger partial charge in [0, 0.05) is 29.2 Å². The van der Waals surface area contributed by atoms with Crippen LogP contribution in [-0.4, -0.2) is 41.3 Å². The monoisotopic (exact) mass is 681 g/mol. The quantitative estimate of drug-likeness (QED) is 0.110. The van der Waals surface area contributed by atoms with Gasteiger partial charge in [-0.05, 0) is 66.1 Å². The van der Waals surface area contributed by atoms with Gasteiger partial charge >= 0.3 is 5.00 Å². The lowest BCUT2D eigenvalue weighted by Gasteiger charge is -2.28. The van der Waals surface area contributed by atoms with E-state index in [1.807, 2.05) is 42.5 Å². The summed E-state index contributed by atoms with van der Waals surface area (Å²) in [5, 5.41) is 16.8. The lowest BCUT2D eigenvalue weighted by Crippen LogP contribution is -2.36. The van der Waals surface area contributed by atoms with Crippen molar-refractivity contribution in [3.05, 3.63) is 115 Å². The Morgan fingerprint density at radius 2 is 1.81 bits per heavy atom. The molecule has 212 valence electrons. The van der Waals surface area contributed by atoms with Crippen molar-refractivity contribution in [3.63, 3.8) is 0 Å². The van der Waals surface area contributed by atoms with Crippen molar-refractivity contribution in [3.8, 4) is 0 Å². The molecule has 5 aromatic rings. The maximum atomic E-state index is 13.7. The lowest BCUT2D eigenvalue weighted by atomic mass is 10.0.